The van der Waals surface area contributed by atoms with Gasteiger partial charge in [0.1, 0.15) is 11.3 Å². The first-order chi connectivity index (χ1) is 8.08. The number of rotatable bonds is 2. The summed E-state index contributed by atoms with van der Waals surface area (Å²) in [5.74, 6) is 0.255. The molecule has 0 aliphatic heterocycles. The standard InChI is InChI=1S/C12H11ClN2O2/c1-7-11(8(2)17-15-7)12(16)14-10-5-3-4-9(13)6-10/h3-6H,1-2H3,(H,14,16). The number of aromatic nitrogens is 1. The zero-order chi connectivity index (χ0) is 12.4. The minimum atomic E-state index is -0.247. The predicted octanol–water partition coefficient (Wildman–Crippen LogP) is 3.20. The lowest BCUT2D eigenvalue weighted by molar-refractivity contribution is 0.102. The van der Waals surface area contributed by atoms with Gasteiger partial charge in [-0.05, 0) is 32.0 Å². The molecule has 0 saturated carbocycles. The molecule has 2 aromatic rings. The van der Waals surface area contributed by atoms with Crippen LogP contribution in [-0.2, 0) is 0 Å². The fraction of sp³-hybridized carbons (Fsp3) is 0.167. The van der Waals surface area contributed by atoms with Crippen molar-refractivity contribution < 1.29 is 9.32 Å². The van der Waals surface area contributed by atoms with Crippen molar-refractivity contribution in [3.8, 4) is 0 Å². The topological polar surface area (TPSA) is 55.1 Å². The first-order valence-corrected chi connectivity index (χ1v) is 5.45. The highest BCUT2D eigenvalue weighted by molar-refractivity contribution is 6.31. The molecule has 2 rings (SSSR count). The lowest BCUT2D eigenvalue weighted by Crippen LogP contribution is -2.13. The molecule has 88 valence electrons. The van der Waals surface area contributed by atoms with Gasteiger partial charge in [0, 0.05) is 10.7 Å². The summed E-state index contributed by atoms with van der Waals surface area (Å²) in [7, 11) is 0. The molecule has 0 aliphatic carbocycles. The summed E-state index contributed by atoms with van der Waals surface area (Å²) in [6.07, 6.45) is 0. The summed E-state index contributed by atoms with van der Waals surface area (Å²) < 4.78 is 4.94. The Labute approximate surface area is 104 Å². The molecule has 1 amide bonds. The molecule has 0 spiro atoms. The van der Waals surface area contributed by atoms with Gasteiger partial charge in [-0.25, -0.2) is 0 Å². The van der Waals surface area contributed by atoms with E-state index in [0.29, 0.717) is 27.7 Å². The maximum Gasteiger partial charge on any atom is 0.261 e. The second kappa shape index (κ2) is 4.59. The van der Waals surface area contributed by atoms with Gasteiger partial charge in [-0.3, -0.25) is 4.79 Å². The average molecular weight is 251 g/mol. The van der Waals surface area contributed by atoms with Crippen molar-refractivity contribution in [3.05, 3.63) is 46.3 Å². The van der Waals surface area contributed by atoms with Crippen LogP contribution in [-0.4, -0.2) is 11.1 Å². The van der Waals surface area contributed by atoms with Crippen molar-refractivity contribution in [2.45, 2.75) is 13.8 Å². The molecule has 0 bridgehead atoms. The normalized spacial score (nSPS) is 10.3. The summed E-state index contributed by atoms with van der Waals surface area (Å²) in [4.78, 5) is 12.0. The van der Waals surface area contributed by atoms with Crippen LogP contribution < -0.4 is 5.32 Å². The number of hydrogen-bond acceptors (Lipinski definition) is 3. The summed E-state index contributed by atoms with van der Waals surface area (Å²) in [6.45, 7) is 3.43. The molecule has 1 aromatic carbocycles. The van der Waals surface area contributed by atoms with E-state index < -0.39 is 0 Å². The predicted molar refractivity (Wildman–Crippen MR) is 65.4 cm³/mol. The number of halogens is 1. The van der Waals surface area contributed by atoms with Gasteiger partial charge in [0.05, 0.1) is 5.69 Å². The van der Waals surface area contributed by atoms with Gasteiger partial charge in [0.2, 0.25) is 0 Å². The molecule has 0 aliphatic rings. The molecule has 1 N–H and O–H groups in total. The lowest BCUT2D eigenvalue weighted by Gasteiger charge is -2.04. The zero-order valence-corrected chi connectivity index (χ0v) is 10.2. The number of amides is 1. The fourth-order valence-corrected chi connectivity index (χ4v) is 1.76. The summed E-state index contributed by atoms with van der Waals surface area (Å²) in [6, 6.07) is 6.96. The largest absolute Gasteiger partial charge is 0.361 e. The maximum absolute atomic E-state index is 12.0. The minimum absolute atomic E-state index is 0.247. The second-order valence-corrected chi connectivity index (χ2v) is 4.10. The number of anilines is 1. The fourth-order valence-electron chi connectivity index (χ4n) is 1.57. The van der Waals surface area contributed by atoms with Crippen LogP contribution in [0.15, 0.2) is 28.8 Å². The van der Waals surface area contributed by atoms with Crippen molar-refractivity contribution >= 4 is 23.2 Å². The van der Waals surface area contributed by atoms with E-state index in [1.807, 2.05) is 0 Å². The molecule has 0 atom stereocenters. The van der Waals surface area contributed by atoms with Crippen LogP contribution in [0.1, 0.15) is 21.8 Å². The monoisotopic (exact) mass is 250 g/mol. The van der Waals surface area contributed by atoms with E-state index in [4.69, 9.17) is 16.1 Å². The number of benzene rings is 1. The smallest absolute Gasteiger partial charge is 0.261 e. The molecule has 0 radical (unpaired) electrons. The number of carbonyl (C=O) groups excluding carboxylic acids is 1. The third-order valence-electron chi connectivity index (χ3n) is 2.34. The van der Waals surface area contributed by atoms with Crippen LogP contribution in [0, 0.1) is 13.8 Å². The summed E-state index contributed by atoms with van der Waals surface area (Å²) in [5.41, 5.74) is 1.68. The van der Waals surface area contributed by atoms with Gasteiger partial charge < -0.3 is 9.84 Å². The molecule has 1 heterocycles. The van der Waals surface area contributed by atoms with Crippen molar-refractivity contribution in [1.82, 2.24) is 5.16 Å². The molecule has 17 heavy (non-hydrogen) atoms. The highest BCUT2D eigenvalue weighted by Gasteiger charge is 2.17. The zero-order valence-electron chi connectivity index (χ0n) is 9.45. The Bertz CT molecular complexity index is 544. The van der Waals surface area contributed by atoms with Crippen molar-refractivity contribution in [2.24, 2.45) is 0 Å². The Morgan fingerprint density at radius 3 is 2.76 bits per heavy atom. The second-order valence-electron chi connectivity index (χ2n) is 3.66. The minimum Gasteiger partial charge on any atom is -0.361 e. The third-order valence-corrected chi connectivity index (χ3v) is 2.58. The van der Waals surface area contributed by atoms with Crippen LogP contribution >= 0.6 is 11.6 Å². The quantitative estimate of drug-likeness (QED) is 0.891. The van der Waals surface area contributed by atoms with Gasteiger partial charge in [-0.1, -0.05) is 22.8 Å². The molecule has 1 aromatic heterocycles. The third kappa shape index (κ3) is 2.47. The van der Waals surface area contributed by atoms with Crippen LogP contribution in [0.5, 0.6) is 0 Å². The van der Waals surface area contributed by atoms with E-state index >= 15 is 0 Å². The lowest BCUT2D eigenvalue weighted by atomic mass is 10.2. The molecular formula is C12H11ClN2O2. The van der Waals surface area contributed by atoms with Gasteiger partial charge in [-0.2, -0.15) is 0 Å². The number of hydrogen-bond donors (Lipinski definition) is 1. The summed E-state index contributed by atoms with van der Waals surface area (Å²) in [5, 5.41) is 7.05. The van der Waals surface area contributed by atoms with Crippen LogP contribution in [0.4, 0.5) is 5.69 Å². The van der Waals surface area contributed by atoms with Gasteiger partial charge in [0.25, 0.3) is 5.91 Å². The van der Waals surface area contributed by atoms with E-state index in [9.17, 15) is 4.79 Å². The molecule has 0 fully saturated rings. The average Bonchev–Trinajstić information content (AvgIpc) is 2.58. The first kappa shape index (κ1) is 11.7. The Morgan fingerprint density at radius 2 is 2.18 bits per heavy atom. The number of nitrogens with one attached hydrogen (secondary N) is 1. The van der Waals surface area contributed by atoms with Gasteiger partial charge in [0.15, 0.2) is 0 Å². The molecule has 4 nitrogen and oxygen atoms in total. The number of aryl methyl sites for hydroxylation is 2. The Balaban J connectivity index is 2.23. The first-order valence-electron chi connectivity index (χ1n) is 5.07. The van der Waals surface area contributed by atoms with Crippen molar-refractivity contribution in [1.29, 1.82) is 0 Å². The van der Waals surface area contributed by atoms with Crippen molar-refractivity contribution in [3.63, 3.8) is 0 Å². The van der Waals surface area contributed by atoms with E-state index in [2.05, 4.69) is 10.5 Å². The van der Waals surface area contributed by atoms with E-state index in [0.717, 1.165) is 0 Å². The van der Waals surface area contributed by atoms with Gasteiger partial charge in [-0.15, -0.1) is 0 Å². The highest BCUT2D eigenvalue weighted by Crippen LogP contribution is 2.18. The maximum atomic E-state index is 12.0. The van der Waals surface area contributed by atoms with Crippen LogP contribution in [0.2, 0.25) is 5.02 Å². The van der Waals surface area contributed by atoms with E-state index in [1.54, 1.807) is 38.1 Å². The Morgan fingerprint density at radius 1 is 1.41 bits per heavy atom. The number of nitrogens with zero attached hydrogens (tertiary/aromatic N) is 1. The molecular weight excluding hydrogens is 240 g/mol. The molecule has 5 heteroatoms. The van der Waals surface area contributed by atoms with E-state index in [1.165, 1.54) is 0 Å². The summed E-state index contributed by atoms with van der Waals surface area (Å²) >= 11 is 5.83. The van der Waals surface area contributed by atoms with Crippen molar-refractivity contribution in [2.75, 3.05) is 5.32 Å². The number of carbonyl (C=O) groups is 1. The molecule has 0 saturated heterocycles. The van der Waals surface area contributed by atoms with Crippen LogP contribution in [0.25, 0.3) is 0 Å². The van der Waals surface area contributed by atoms with E-state index in [-0.39, 0.29) is 5.91 Å². The SMILES string of the molecule is Cc1noc(C)c1C(=O)Nc1cccc(Cl)c1. The molecule has 0 unspecified atom stereocenters. The Kier molecular flexibility index (Phi) is 3.15. The van der Waals surface area contributed by atoms with Gasteiger partial charge >= 0.3 is 0 Å². The Hall–Kier alpha value is -1.81. The highest BCUT2D eigenvalue weighted by atomic mass is 35.5. The van der Waals surface area contributed by atoms with Crippen LogP contribution in [0.3, 0.4) is 0 Å².